The van der Waals surface area contributed by atoms with Gasteiger partial charge in [-0.25, -0.2) is 0 Å². The largest absolute Gasteiger partial charge is 0.365 e. The van der Waals surface area contributed by atoms with Crippen LogP contribution in [0, 0.1) is 5.92 Å². The zero-order valence-electron chi connectivity index (χ0n) is 11.8. The Kier molecular flexibility index (Phi) is 5.32. The van der Waals surface area contributed by atoms with Crippen LogP contribution in [0.1, 0.15) is 27.2 Å². The summed E-state index contributed by atoms with van der Waals surface area (Å²) in [7, 11) is 0. The molecule has 106 valence electrons. The molecule has 1 aromatic rings. The maximum absolute atomic E-state index is 3.70. The third-order valence-corrected chi connectivity index (χ3v) is 5.11. The van der Waals surface area contributed by atoms with Crippen molar-refractivity contribution < 1.29 is 0 Å². The summed E-state index contributed by atoms with van der Waals surface area (Å²) in [6.07, 6.45) is 1.16. The molecule has 1 aliphatic rings. The van der Waals surface area contributed by atoms with Gasteiger partial charge >= 0.3 is 0 Å². The fraction of sp³-hybridized carbons (Fsp3) is 0.600. The van der Waals surface area contributed by atoms with Crippen molar-refractivity contribution in [1.82, 2.24) is 5.32 Å². The molecule has 2 nitrogen and oxygen atoms in total. The number of hydrogen-bond donors (Lipinski definition) is 1. The van der Waals surface area contributed by atoms with Crippen molar-refractivity contribution in [3.8, 4) is 0 Å². The van der Waals surface area contributed by atoms with Crippen molar-refractivity contribution in [1.29, 1.82) is 0 Å². The number of hydrogen-bond acceptors (Lipinski definition) is 2. The van der Waals surface area contributed by atoms with E-state index in [4.69, 9.17) is 0 Å². The molecule has 0 aliphatic carbocycles. The molecule has 4 heteroatoms. The number of piperazine rings is 1. The second-order valence-corrected chi connectivity index (χ2v) is 7.34. The SMILES string of the molecule is CCC1CNC(C(C)C)CN1c1cc(Br)ccc1Br. The van der Waals surface area contributed by atoms with Gasteiger partial charge in [-0.3, -0.25) is 0 Å². The average Bonchev–Trinajstić information content (AvgIpc) is 2.40. The highest BCUT2D eigenvalue weighted by atomic mass is 79.9. The van der Waals surface area contributed by atoms with Crippen LogP contribution in [0.4, 0.5) is 5.69 Å². The summed E-state index contributed by atoms with van der Waals surface area (Å²) < 4.78 is 2.32. The Labute approximate surface area is 133 Å². The van der Waals surface area contributed by atoms with Gasteiger partial charge in [0.1, 0.15) is 0 Å². The fourth-order valence-electron chi connectivity index (χ4n) is 2.64. The molecule has 2 rings (SSSR count). The first kappa shape index (κ1) is 15.3. The van der Waals surface area contributed by atoms with Crippen molar-refractivity contribution in [3.05, 3.63) is 27.1 Å². The summed E-state index contributed by atoms with van der Waals surface area (Å²) in [4.78, 5) is 2.55. The smallest absolute Gasteiger partial charge is 0.0525 e. The summed E-state index contributed by atoms with van der Waals surface area (Å²) in [5, 5.41) is 3.68. The van der Waals surface area contributed by atoms with Crippen molar-refractivity contribution >= 4 is 37.5 Å². The highest BCUT2D eigenvalue weighted by Crippen LogP contribution is 2.33. The Morgan fingerprint density at radius 2 is 2.11 bits per heavy atom. The normalized spacial score (nSPS) is 24.0. The van der Waals surface area contributed by atoms with E-state index in [0.29, 0.717) is 18.0 Å². The van der Waals surface area contributed by atoms with Crippen molar-refractivity contribution in [2.75, 3.05) is 18.0 Å². The van der Waals surface area contributed by atoms with Gasteiger partial charge in [0, 0.05) is 34.1 Å². The minimum atomic E-state index is 0.564. The van der Waals surface area contributed by atoms with Gasteiger partial charge in [-0.1, -0.05) is 36.7 Å². The Morgan fingerprint density at radius 1 is 1.37 bits per heavy atom. The van der Waals surface area contributed by atoms with Crippen molar-refractivity contribution in [2.24, 2.45) is 5.92 Å². The molecule has 0 radical (unpaired) electrons. The van der Waals surface area contributed by atoms with Crippen LogP contribution in [0.5, 0.6) is 0 Å². The lowest BCUT2D eigenvalue weighted by atomic mass is 9.98. The van der Waals surface area contributed by atoms with Gasteiger partial charge in [-0.2, -0.15) is 0 Å². The molecule has 19 heavy (non-hydrogen) atoms. The second kappa shape index (κ2) is 6.59. The first-order valence-corrected chi connectivity index (χ1v) is 8.56. The molecule has 1 N–H and O–H groups in total. The molecule has 1 aromatic carbocycles. The van der Waals surface area contributed by atoms with Crippen LogP contribution >= 0.6 is 31.9 Å². The van der Waals surface area contributed by atoms with Crippen LogP contribution in [0.3, 0.4) is 0 Å². The van der Waals surface area contributed by atoms with E-state index in [1.165, 1.54) is 10.2 Å². The van der Waals surface area contributed by atoms with Crippen LogP contribution in [0.15, 0.2) is 27.1 Å². The lowest BCUT2D eigenvalue weighted by Gasteiger charge is -2.43. The number of benzene rings is 1. The summed E-state index contributed by atoms with van der Waals surface area (Å²) in [5.41, 5.74) is 1.30. The van der Waals surface area contributed by atoms with E-state index in [-0.39, 0.29) is 0 Å². The molecule has 1 fully saturated rings. The summed E-state index contributed by atoms with van der Waals surface area (Å²) in [6, 6.07) is 7.55. The highest BCUT2D eigenvalue weighted by molar-refractivity contribution is 9.11. The number of halogens is 2. The summed E-state index contributed by atoms with van der Waals surface area (Å²) in [5.74, 6) is 0.659. The minimum absolute atomic E-state index is 0.564. The Bertz CT molecular complexity index is 434. The fourth-order valence-corrected chi connectivity index (χ4v) is 3.46. The molecule has 2 unspecified atom stereocenters. The molecule has 0 amide bonds. The third-order valence-electron chi connectivity index (χ3n) is 3.94. The van der Waals surface area contributed by atoms with Crippen molar-refractivity contribution in [3.63, 3.8) is 0 Å². The van der Waals surface area contributed by atoms with Gasteiger partial charge in [0.25, 0.3) is 0 Å². The van der Waals surface area contributed by atoms with E-state index >= 15 is 0 Å². The summed E-state index contributed by atoms with van der Waals surface area (Å²) >= 11 is 7.28. The Hall–Kier alpha value is -0.0600. The monoisotopic (exact) mass is 388 g/mol. The Balaban J connectivity index is 2.29. The zero-order chi connectivity index (χ0) is 14.0. The van der Waals surface area contributed by atoms with Crippen LogP contribution in [0.2, 0.25) is 0 Å². The van der Waals surface area contributed by atoms with E-state index in [1.54, 1.807) is 0 Å². The molecule has 1 heterocycles. The standard InChI is InChI=1S/C15H22Br2N2/c1-4-12-8-18-14(10(2)3)9-19(12)15-7-11(16)5-6-13(15)17/h5-7,10,12,14,18H,4,8-9H2,1-3H3. The molecule has 0 saturated carbocycles. The predicted octanol–water partition coefficient (Wildman–Crippen LogP) is 4.42. The van der Waals surface area contributed by atoms with Crippen LogP contribution in [-0.4, -0.2) is 25.2 Å². The lowest BCUT2D eigenvalue weighted by Crippen LogP contribution is -2.58. The van der Waals surface area contributed by atoms with Crippen LogP contribution < -0.4 is 10.2 Å². The number of nitrogens with one attached hydrogen (secondary N) is 1. The zero-order valence-corrected chi connectivity index (χ0v) is 15.0. The number of rotatable bonds is 3. The number of nitrogens with zero attached hydrogens (tertiary/aromatic N) is 1. The molecular weight excluding hydrogens is 368 g/mol. The van der Waals surface area contributed by atoms with E-state index in [9.17, 15) is 0 Å². The number of anilines is 1. The van der Waals surface area contributed by atoms with E-state index in [2.05, 4.69) is 81.0 Å². The molecule has 0 aromatic heterocycles. The second-order valence-electron chi connectivity index (χ2n) is 5.57. The van der Waals surface area contributed by atoms with Gasteiger partial charge in [-0.15, -0.1) is 0 Å². The maximum Gasteiger partial charge on any atom is 0.0525 e. The molecular formula is C15H22Br2N2. The van der Waals surface area contributed by atoms with E-state index in [0.717, 1.165) is 24.0 Å². The maximum atomic E-state index is 3.70. The lowest BCUT2D eigenvalue weighted by molar-refractivity contribution is 0.325. The first-order valence-electron chi connectivity index (χ1n) is 6.98. The quantitative estimate of drug-likeness (QED) is 0.822. The topological polar surface area (TPSA) is 15.3 Å². The van der Waals surface area contributed by atoms with E-state index in [1.807, 2.05) is 0 Å². The van der Waals surface area contributed by atoms with Gasteiger partial charge in [0.2, 0.25) is 0 Å². The minimum Gasteiger partial charge on any atom is -0.365 e. The van der Waals surface area contributed by atoms with Crippen molar-refractivity contribution in [2.45, 2.75) is 39.3 Å². The van der Waals surface area contributed by atoms with Crippen LogP contribution in [0.25, 0.3) is 0 Å². The molecule has 2 atom stereocenters. The third kappa shape index (κ3) is 3.53. The molecule has 1 aliphatic heterocycles. The van der Waals surface area contributed by atoms with Gasteiger partial charge in [-0.05, 0) is 46.5 Å². The van der Waals surface area contributed by atoms with Crippen LogP contribution in [-0.2, 0) is 0 Å². The highest BCUT2D eigenvalue weighted by Gasteiger charge is 2.29. The molecule has 0 bridgehead atoms. The van der Waals surface area contributed by atoms with E-state index < -0.39 is 0 Å². The van der Waals surface area contributed by atoms with Gasteiger partial charge < -0.3 is 10.2 Å². The summed E-state index contributed by atoms with van der Waals surface area (Å²) in [6.45, 7) is 8.99. The molecule has 1 saturated heterocycles. The first-order chi connectivity index (χ1) is 9.02. The molecule has 0 spiro atoms. The average molecular weight is 390 g/mol. The van der Waals surface area contributed by atoms with Gasteiger partial charge in [0.05, 0.1) is 5.69 Å². The van der Waals surface area contributed by atoms with Gasteiger partial charge in [0.15, 0.2) is 0 Å². The predicted molar refractivity (Wildman–Crippen MR) is 89.9 cm³/mol. The Morgan fingerprint density at radius 3 is 2.74 bits per heavy atom.